The van der Waals surface area contributed by atoms with Gasteiger partial charge in [-0.1, -0.05) is 26.2 Å². The first kappa shape index (κ1) is 23.1. The summed E-state index contributed by atoms with van der Waals surface area (Å²) in [6, 6.07) is 0.757. The van der Waals surface area contributed by atoms with Crippen LogP contribution in [0.15, 0.2) is 0 Å². The highest BCUT2D eigenvalue weighted by molar-refractivity contribution is 7.80. The molecule has 0 saturated carbocycles. The lowest BCUT2D eigenvalue weighted by Gasteiger charge is -2.31. The van der Waals surface area contributed by atoms with Crippen molar-refractivity contribution in [3.05, 3.63) is 0 Å². The first-order valence-electron chi connectivity index (χ1n) is 9.11. The lowest BCUT2D eigenvalue weighted by Crippen LogP contribution is -2.48. The van der Waals surface area contributed by atoms with Gasteiger partial charge in [-0.15, -0.1) is 0 Å². The molecule has 6 heteroatoms. The van der Waals surface area contributed by atoms with Crippen molar-refractivity contribution in [1.29, 1.82) is 0 Å². The maximum atomic E-state index is 12.1. The van der Waals surface area contributed by atoms with Crippen molar-refractivity contribution in [3.63, 3.8) is 0 Å². The van der Waals surface area contributed by atoms with E-state index in [1.165, 1.54) is 12.8 Å². The topological polar surface area (TPSA) is 44.8 Å². The summed E-state index contributed by atoms with van der Waals surface area (Å²) in [6.45, 7) is 9.16. The predicted octanol–water partition coefficient (Wildman–Crippen LogP) is 4.65. The summed E-state index contributed by atoms with van der Waals surface area (Å²) in [6.07, 6.45) is 6.35. The molecule has 0 aliphatic rings. The number of thiol groups is 1. The molecule has 0 aliphatic carbocycles. The second-order valence-corrected chi connectivity index (χ2v) is 8.98. The molecule has 0 aromatic carbocycles. The third-order valence-corrected chi connectivity index (χ3v) is 7.08. The highest BCUT2D eigenvalue weighted by atomic mass is 32.1. The summed E-state index contributed by atoms with van der Waals surface area (Å²) in [7, 11) is -2.69. The highest BCUT2D eigenvalue weighted by Gasteiger charge is 2.41. The van der Waals surface area contributed by atoms with Gasteiger partial charge in [-0.05, 0) is 39.4 Å². The summed E-state index contributed by atoms with van der Waals surface area (Å²) in [4.78, 5) is 12.1. The molecule has 4 nitrogen and oxygen atoms in total. The molecule has 0 spiro atoms. The molecule has 0 aromatic heterocycles. The molecule has 0 heterocycles. The Morgan fingerprint density at radius 3 is 2.22 bits per heavy atom. The normalized spacial score (nSPS) is 13.3. The van der Waals surface area contributed by atoms with E-state index in [9.17, 15) is 4.79 Å². The first-order chi connectivity index (χ1) is 11.0. The molecule has 1 atom stereocenters. The number of unbranched alkanes of at least 4 members (excludes halogenated alkanes) is 3. The van der Waals surface area contributed by atoms with E-state index >= 15 is 0 Å². The lowest BCUT2D eigenvalue weighted by molar-refractivity contribution is -0.121. The number of hydrogen-bond acceptors (Lipinski definition) is 5. The first-order valence-corrected chi connectivity index (χ1v) is 11.7. The molecular formula is C17H36O4SSi. The average Bonchev–Trinajstić information content (AvgIpc) is 2.50. The Morgan fingerprint density at radius 1 is 1.04 bits per heavy atom. The Balaban J connectivity index is 4.44. The minimum absolute atomic E-state index is 0.154. The Kier molecular flexibility index (Phi) is 14.5. The van der Waals surface area contributed by atoms with Gasteiger partial charge in [-0.2, -0.15) is 12.6 Å². The quantitative estimate of drug-likeness (QED) is 0.246. The maximum Gasteiger partial charge on any atom is 0.501 e. The van der Waals surface area contributed by atoms with Crippen LogP contribution >= 0.6 is 12.6 Å². The van der Waals surface area contributed by atoms with Gasteiger partial charge in [0.05, 0.1) is 6.10 Å². The van der Waals surface area contributed by atoms with Gasteiger partial charge in [0.1, 0.15) is 5.78 Å². The number of Topliss-reactive ketones (excluding diaryl/α,β-unsaturated/α-hetero) is 1. The van der Waals surface area contributed by atoms with Crippen molar-refractivity contribution in [1.82, 2.24) is 0 Å². The van der Waals surface area contributed by atoms with E-state index in [0.29, 0.717) is 26.1 Å². The van der Waals surface area contributed by atoms with Gasteiger partial charge in [0.25, 0.3) is 0 Å². The molecule has 23 heavy (non-hydrogen) atoms. The standard InChI is InChI=1S/C17H36O4SSi/c1-5-8-9-10-12-17(18)15-16(4)21-23(19-6-2,20-7-3)14-11-13-22/h16,22H,5-15H2,1-4H3. The average molecular weight is 365 g/mol. The zero-order chi connectivity index (χ0) is 17.6. The fraction of sp³-hybridized carbons (Fsp3) is 0.941. The molecule has 0 rings (SSSR count). The smallest absolute Gasteiger partial charge is 0.374 e. The Hall–Kier alpha value is 0.117. The molecule has 138 valence electrons. The molecule has 0 saturated heterocycles. The number of carbonyl (C=O) groups is 1. The van der Waals surface area contributed by atoms with Crippen LogP contribution < -0.4 is 0 Å². The van der Waals surface area contributed by atoms with E-state index in [1.54, 1.807) is 0 Å². The van der Waals surface area contributed by atoms with Crippen LogP contribution in [0, 0.1) is 0 Å². The molecule has 0 radical (unpaired) electrons. The van der Waals surface area contributed by atoms with E-state index in [0.717, 1.165) is 31.1 Å². The number of ketones is 1. The van der Waals surface area contributed by atoms with E-state index in [-0.39, 0.29) is 11.9 Å². The van der Waals surface area contributed by atoms with Crippen LogP contribution in [-0.2, 0) is 18.1 Å². The van der Waals surface area contributed by atoms with Gasteiger partial charge in [-0.25, -0.2) is 0 Å². The summed E-state index contributed by atoms with van der Waals surface area (Å²) >= 11 is 4.27. The summed E-state index contributed by atoms with van der Waals surface area (Å²) in [5.41, 5.74) is 0. The van der Waals surface area contributed by atoms with Crippen molar-refractivity contribution in [2.75, 3.05) is 19.0 Å². The van der Waals surface area contributed by atoms with Gasteiger partial charge in [-0.3, -0.25) is 4.79 Å². The van der Waals surface area contributed by atoms with Crippen molar-refractivity contribution >= 4 is 27.2 Å². The summed E-state index contributed by atoms with van der Waals surface area (Å²) in [5, 5.41) is 0. The molecule has 0 fully saturated rings. The maximum absolute atomic E-state index is 12.1. The zero-order valence-corrected chi connectivity index (χ0v) is 17.3. The van der Waals surface area contributed by atoms with Crippen LogP contribution in [0.1, 0.15) is 72.6 Å². The van der Waals surface area contributed by atoms with Gasteiger partial charge in [0, 0.05) is 32.1 Å². The molecule has 0 bridgehead atoms. The Morgan fingerprint density at radius 2 is 1.70 bits per heavy atom. The molecular weight excluding hydrogens is 328 g/mol. The fourth-order valence-corrected chi connectivity index (χ4v) is 5.84. The molecule has 0 N–H and O–H groups in total. The summed E-state index contributed by atoms with van der Waals surface area (Å²) < 4.78 is 17.9. The minimum Gasteiger partial charge on any atom is -0.374 e. The fourth-order valence-electron chi connectivity index (χ4n) is 2.57. The number of hydrogen-bond donors (Lipinski definition) is 1. The van der Waals surface area contributed by atoms with Gasteiger partial charge >= 0.3 is 8.80 Å². The van der Waals surface area contributed by atoms with Crippen LogP contribution in [0.25, 0.3) is 0 Å². The van der Waals surface area contributed by atoms with Crippen LogP contribution in [0.5, 0.6) is 0 Å². The van der Waals surface area contributed by atoms with Crippen LogP contribution in [0.2, 0.25) is 6.04 Å². The predicted molar refractivity (Wildman–Crippen MR) is 101 cm³/mol. The molecule has 0 aliphatic heterocycles. The Bertz CT molecular complexity index is 296. The third kappa shape index (κ3) is 11.3. The van der Waals surface area contributed by atoms with Gasteiger partial charge in [0.15, 0.2) is 0 Å². The SMILES string of the molecule is CCCCCCC(=O)CC(C)O[Si](CCCS)(OCC)OCC. The van der Waals surface area contributed by atoms with Gasteiger partial charge < -0.3 is 13.3 Å². The zero-order valence-electron chi connectivity index (χ0n) is 15.4. The van der Waals surface area contributed by atoms with E-state index in [1.807, 2.05) is 20.8 Å². The number of carbonyl (C=O) groups excluding carboxylic acids is 1. The van der Waals surface area contributed by atoms with Gasteiger partial charge in [0.2, 0.25) is 0 Å². The van der Waals surface area contributed by atoms with Crippen LogP contribution in [0.3, 0.4) is 0 Å². The monoisotopic (exact) mass is 364 g/mol. The second-order valence-electron chi connectivity index (χ2n) is 5.86. The molecule has 0 amide bonds. The van der Waals surface area contributed by atoms with Crippen LogP contribution in [0.4, 0.5) is 0 Å². The minimum atomic E-state index is -2.69. The van der Waals surface area contributed by atoms with Crippen molar-refractivity contribution < 1.29 is 18.1 Å². The molecule has 0 aromatic rings. The lowest BCUT2D eigenvalue weighted by atomic mass is 10.1. The Labute approximate surface area is 149 Å². The second kappa shape index (κ2) is 14.5. The van der Waals surface area contributed by atoms with Crippen molar-refractivity contribution in [2.45, 2.75) is 84.8 Å². The van der Waals surface area contributed by atoms with E-state index in [2.05, 4.69) is 19.6 Å². The largest absolute Gasteiger partial charge is 0.501 e. The van der Waals surface area contributed by atoms with Crippen molar-refractivity contribution in [3.8, 4) is 0 Å². The highest BCUT2D eigenvalue weighted by Crippen LogP contribution is 2.22. The number of rotatable bonds is 16. The van der Waals surface area contributed by atoms with Crippen molar-refractivity contribution in [2.24, 2.45) is 0 Å². The van der Waals surface area contributed by atoms with E-state index < -0.39 is 8.80 Å². The van der Waals surface area contributed by atoms with Crippen LogP contribution in [-0.4, -0.2) is 39.7 Å². The van der Waals surface area contributed by atoms with E-state index in [4.69, 9.17) is 13.3 Å². The molecule has 1 unspecified atom stereocenters. The third-order valence-electron chi connectivity index (χ3n) is 3.57. The summed E-state index contributed by atoms with van der Waals surface area (Å²) in [5.74, 6) is 1.06.